The number of aryl methyl sites for hydroxylation is 1. The van der Waals surface area contributed by atoms with Crippen molar-refractivity contribution in [2.75, 3.05) is 11.4 Å². The average Bonchev–Trinajstić information content (AvgIpc) is 2.96. The lowest BCUT2D eigenvalue weighted by Crippen LogP contribution is -2.38. The summed E-state index contributed by atoms with van der Waals surface area (Å²) in [7, 11) is 0. The van der Waals surface area contributed by atoms with Crippen LogP contribution in [-0.2, 0) is 4.79 Å². The molecule has 1 aromatic carbocycles. The topological polar surface area (TPSA) is 66.6 Å². The number of nitrogens with zero attached hydrogens (tertiary/aromatic N) is 1. The van der Waals surface area contributed by atoms with Gasteiger partial charge < -0.3 is 15.7 Å². The van der Waals surface area contributed by atoms with E-state index in [-0.39, 0.29) is 11.7 Å². The minimum absolute atomic E-state index is 0.140. The second kappa shape index (κ2) is 6.07. The molecule has 0 aliphatic heterocycles. The molecule has 106 valence electrons. The molecule has 0 radical (unpaired) electrons. The number of phenolic OH excluding ortho intramolecular Hbond substituents is 1. The van der Waals surface area contributed by atoms with Crippen molar-refractivity contribution in [3.63, 3.8) is 0 Å². The molecule has 1 amide bonds. The molecule has 0 bridgehead atoms. The highest BCUT2D eigenvalue weighted by atomic mass is 32.1. The van der Waals surface area contributed by atoms with Crippen LogP contribution in [0.25, 0.3) is 0 Å². The molecule has 20 heavy (non-hydrogen) atoms. The molecule has 0 spiro atoms. The molecular formula is C15H18N2O2S. The lowest BCUT2D eigenvalue weighted by atomic mass is 10.1. The summed E-state index contributed by atoms with van der Waals surface area (Å²) in [5.74, 6) is -0.0230. The number of hydrogen-bond donors (Lipinski definition) is 2. The van der Waals surface area contributed by atoms with Crippen molar-refractivity contribution >= 4 is 22.9 Å². The molecule has 0 aliphatic carbocycles. The minimum Gasteiger partial charge on any atom is -0.508 e. The van der Waals surface area contributed by atoms with E-state index < -0.39 is 6.04 Å². The van der Waals surface area contributed by atoms with E-state index >= 15 is 0 Å². The Morgan fingerprint density at radius 1 is 1.45 bits per heavy atom. The number of amides is 1. The van der Waals surface area contributed by atoms with Crippen LogP contribution in [0.15, 0.2) is 35.7 Å². The van der Waals surface area contributed by atoms with E-state index in [1.807, 2.05) is 31.4 Å². The van der Waals surface area contributed by atoms with Crippen molar-refractivity contribution in [3.8, 4) is 5.75 Å². The second-order valence-electron chi connectivity index (χ2n) is 4.55. The van der Waals surface area contributed by atoms with Gasteiger partial charge >= 0.3 is 0 Å². The van der Waals surface area contributed by atoms with E-state index in [0.717, 1.165) is 10.4 Å². The van der Waals surface area contributed by atoms with Crippen LogP contribution in [0.4, 0.5) is 5.69 Å². The summed E-state index contributed by atoms with van der Waals surface area (Å²) in [5, 5.41) is 11.5. The molecule has 3 N–H and O–H groups in total. The minimum atomic E-state index is -0.670. The van der Waals surface area contributed by atoms with Crippen LogP contribution >= 0.6 is 11.3 Å². The predicted molar refractivity (Wildman–Crippen MR) is 82.1 cm³/mol. The van der Waals surface area contributed by atoms with Crippen LogP contribution in [-0.4, -0.2) is 17.6 Å². The van der Waals surface area contributed by atoms with Crippen LogP contribution in [0.1, 0.15) is 23.4 Å². The van der Waals surface area contributed by atoms with Crippen LogP contribution < -0.4 is 10.6 Å². The zero-order chi connectivity index (χ0) is 14.7. The Morgan fingerprint density at radius 2 is 2.20 bits per heavy atom. The van der Waals surface area contributed by atoms with Crippen LogP contribution in [0.5, 0.6) is 5.75 Å². The molecule has 5 heteroatoms. The maximum Gasteiger partial charge on any atom is 0.249 e. The molecular weight excluding hydrogens is 272 g/mol. The van der Waals surface area contributed by atoms with Gasteiger partial charge in [0, 0.05) is 17.5 Å². The van der Waals surface area contributed by atoms with Gasteiger partial charge in [-0.1, -0.05) is 12.1 Å². The van der Waals surface area contributed by atoms with Gasteiger partial charge in [0.1, 0.15) is 11.8 Å². The lowest BCUT2D eigenvalue weighted by molar-refractivity contribution is -0.119. The highest BCUT2D eigenvalue weighted by molar-refractivity contribution is 7.10. The lowest BCUT2D eigenvalue weighted by Gasteiger charge is -2.25. The van der Waals surface area contributed by atoms with E-state index in [9.17, 15) is 9.90 Å². The summed E-state index contributed by atoms with van der Waals surface area (Å²) in [6.45, 7) is 4.30. The average molecular weight is 290 g/mol. The van der Waals surface area contributed by atoms with Gasteiger partial charge in [-0.2, -0.15) is 0 Å². The smallest absolute Gasteiger partial charge is 0.249 e. The fraction of sp³-hybridized carbons (Fsp3) is 0.267. The number of aromatic hydroxyl groups is 1. The Kier molecular flexibility index (Phi) is 4.42. The molecule has 0 saturated carbocycles. The van der Waals surface area contributed by atoms with E-state index in [0.29, 0.717) is 12.2 Å². The molecule has 0 fully saturated rings. The third-order valence-electron chi connectivity index (χ3n) is 3.18. The maximum absolute atomic E-state index is 12.6. The van der Waals surface area contributed by atoms with Gasteiger partial charge in [-0.25, -0.2) is 0 Å². The van der Waals surface area contributed by atoms with Gasteiger partial charge in [-0.3, -0.25) is 4.79 Å². The van der Waals surface area contributed by atoms with E-state index in [2.05, 4.69) is 0 Å². The Balaban J connectivity index is 2.32. The highest BCUT2D eigenvalue weighted by Crippen LogP contribution is 2.28. The highest BCUT2D eigenvalue weighted by Gasteiger charge is 2.24. The number of hydrogen-bond acceptors (Lipinski definition) is 4. The first-order chi connectivity index (χ1) is 9.54. The largest absolute Gasteiger partial charge is 0.508 e. The summed E-state index contributed by atoms with van der Waals surface area (Å²) in [4.78, 5) is 15.0. The van der Waals surface area contributed by atoms with Gasteiger partial charge in [0.25, 0.3) is 0 Å². The fourth-order valence-corrected chi connectivity index (χ4v) is 2.81. The number of benzene rings is 1. The Hall–Kier alpha value is -1.85. The van der Waals surface area contributed by atoms with E-state index in [1.165, 1.54) is 11.3 Å². The molecule has 0 aliphatic rings. The second-order valence-corrected chi connectivity index (χ2v) is 5.53. The number of rotatable bonds is 4. The third kappa shape index (κ3) is 2.84. The zero-order valence-corrected chi connectivity index (χ0v) is 12.4. The summed E-state index contributed by atoms with van der Waals surface area (Å²) in [6.07, 6.45) is 0. The molecule has 1 atom stereocenters. The van der Waals surface area contributed by atoms with Crippen LogP contribution in [0, 0.1) is 6.92 Å². The Bertz CT molecular complexity index is 596. The number of nitrogens with two attached hydrogens (primary N) is 1. The Morgan fingerprint density at radius 3 is 2.80 bits per heavy atom. The quantitative estimate of drug-likeness (QED) is 0.910. The monoisotopic (exact) mass is 290 g/mol. The number of thiophene rings is 1. The number of likely N-dealkylation sites (N-methyl/N-ethyl adjacent to an activating group) is 1. The molecule has 1 aromatic heterocycles. The fourth-order valence-electron chi connectivity index (χ4n) is 2.09. The van der Waals surface area contributed by atoms with Crippen LogP contribution in [0.3, 0.4) is 0 Å². The van der Waals surface area contributed by atoms with Crippen molar-refractivity contribution < 1.29 is 9.90 Å². The normalized spacial score (nSPS) is 12.2. The van der Waals surface area contributed by atoms with Gasteiger partial charge in [0.05, 0.1) is 5.69 Å². The zero-order valence-electron chi connectivity index (χ0n) is 11.5. The maximum atomic E-state index is 12.6. The molecule has 2 rings (SSSR count). The van der Waals surface area contributed by atoms with E-state index in [1.54, 1.807) is 23.1 Å². The first-order valence-corrected chi connectivity index (χ1v) is 7.32. The van der Waals surface area contributed by atoms with E-state index in [4.69, 9.17) is 5.73 Å². The van der Waals surface area contributed by atoms with Crippen molar-refractivity contribution in [2.24, 2.45) is 5.73 Å². The number of carbonyl (C=O) groups is 1. The molecule has 1 unspecified atom stereocenters. The third-order valence-corrected chi connectivity index (χ3v) is 4.14. The summed E-state index contributed by atoms with van der Waals surface area (Å²) >= 11 is 1.47. The van der Waals surface area contributed by atoms with Crippen molar-refractivity contribution in [1.82, 2.24) is 0 Å². The van der Waals surface area contributed by atoms with Gasteiger partial charge in [-0.05, 0) is 36.9 Å². The van der Waals surface area contributed by atoms with Crippen molar-refractivity contribution in [3.05, 3.63) is 46.2 Å². The number of carbonyl (C=O) groups excluding carboxylic acids is 1. The SMILES string of the molecule is CCN(C(=O)C(N)c1cccs1)c1cc(O)ccc1C. The first-order valence-electron chi connectivity index (χ1n) is 6.44. The predicted octanol–water partition coefficient (Wildman–Crippen LogP) is 2.82. The Labute approximate surface area is 122 Å². The molecule has 0 saturated heterocycles. The first kappa shape index (κ1) is 14.6. The summed E-state index contributed by atoms with van der Waals surface area (Å²) < 4.78 is 0. The molecule has 1 heterocycles. The van der Waals surface area contributed by atoms with Gasteiger partial charge in [-0.15, -0.1) is 11.3 Å². The molecule has 2 aromatic rings. The summed E-state index contributed by atoms with van der Waals surface area (Å²) in [6, 6.07) is 8.06. The van der Waals surface area contributed by atoms with Gasteiger partial charge in [0.15, 0.2) is 0 Å². The number of phenols is 1. The van der Waals surface area contributed by atoms with Crippen LogP contribution in [0.2, 0.25) is 0 Å². The summed E-state index contributed by atoms with van der Waals surface area (Å²) in [5.41, 5.74) is 7.67. The molecule has 4 nitrogen and oxygen atoms in total. The van der Waals surface area contributed by atoms with Crippen molar-refractivity contribution in [2.45, 2.75) is 19.9 Å². The standard InChI is InChI=1S/C15H18N2O2S/c1-3-17(12-9-11(18)7-6-10(12)2)15(19)14(16)13-5-4-8-20-13/h4-9,14,18H,3,16H2,1-2H3. The number of anilines is 1. The van der Waals surface area contributed by atoms with Gasteiger partial charge in [0.2, 0.25) is 5.91 Å². The van der Waals surface area contributed by atoms with Crippen molar-refractivity contribution in [1.29, 1.82) is 0 Å².